The Bertz CT molecular complexity index is 341. The average molecular weight is 284 g/mol. The summed E-state index contributed by atoms with van der Waals surface area (Å²) in [5, 5.41) is 0. The quantitative estimate of drug-likeness (QED) is 0.866. The third-order valence-corrected chi connectivity index (χ3v) is 2.61. The molecule has 84 valence electrons. The van der Waals surface area contributed by atoms with Crippen LogP contribution in [0.3, 0.4) is 0 Å². The van der Waals surface area contributed by atoms with Gasteiger partial charge in [0.1, 0.15) is 0 Å². The van der Waals surface area contributed by atoms with Crippen LogP contribution in [0.15, 0.2) is 22.7 Å². The summed E-state index contributed by atoms with van der Waals surface area (Å²) in [6.07, 6.45) is -3.85. The minimum Gasteiger partial charge on any atom is -0.304 e. The van der Waals surface area contributed by atoms with Gasteiger partial charge < -0.3 is 4.84 Å². The molecule has 0 aliphatic rings. The van der Waals surface area contributed by atoms with Gasteiger partial charge in [-0.25, -0.2) is 5.90 Å². The smallest absolute Gasteiger partial charge is 0.304 e. The van der Waals surface area contributed by atoms with E-state index in [9.17, 15) is 13.2 Å². The Labute approximate surface area is 93.3 Å². The van der Waals surface area contributed by atoms with Crippen molar-refractivity contribution in [2.45, 2.75) is 12.6 Å². The number of alkyl halides is 3. The van der Waals surface area contributed by atoms with Gasteiger partial charge >= 0.3 is 6.18 Å². The lowest BCUT2D eigenvalue weighted by Crippen LogP contribution is -2.07. The van der Waals surface area contributed by atoms with E-state index in [1.807, 2.05) is 0 Å². The molecule has 2 nitrogen and oxygen atoms in total. The summed E-state index contributed by atoms with van der Waals surface area (Å²) < 4.78 is 37.3. The molecule has 1 aromatic carbocycles. The van der Waals surface area contributed by atoms with Crippen LogP contribution in [0.4, 0.5) is 13.2 Å². The summed E-state index contributed by atoms with van der Waals surface area (Å²) in [5.74, 6) is 4.83. The van der Waals surface area contributed by atoms with E-state index < -0.39 is 11.7 Å². The Morgan fingerprint density at radius 3 is 2.47 bits per heavy atom. The first kappa shape index (κ1) is 12.5. The molecular weight excluding hydrogens is 275 g/mol. The summed E-state index contributed by atoms with van der Waals surface area (Å²) >= 11 is 3.07. The van der Waals surface area contributed by atoms with E-state index in [0.29, 0.717) is 10.9 Å². The molecule has 0 saturated heterocycles. The maximum Gasteiger partial charge on any atom is 0.416 e. The van der Waals surface area contributed by atoms with Crippen LogP contribution in [0.2, 0.25) is 0 Å². The average Bonchev–Trinajstić information content (AvgIpc) is 2.14. The van der Waals surface area contributed by atoms with E-state index in [1.54, 1.807) is 0 Å². The normalized spacial score (nSPS) is 11.8. The second-order valence-corrected chi connectivity index (χ2v) is 3.78. The largest absolute Gasteiger partial charge is 0.416 e. The van der Waals surface area contributed by atoms with Crippen molar-refractivity contribution >= 4 is 15.9 Å². The molecule has 6 heteroatoms. The fourth-order valence-electron chi connectivity index (χ4n) is 1.10. The van der Waals surface area contributed by atoms with Crippen molar-refractivity contribution in [1.82, 2.24) is 0 Å². The Hall–Kier alpha value is -0.590. The maximum atomic E-state index is 12.3. The van der Waals surface area contributed by atoms with Crippen molar-refractivity contribution < 1.29 is 18.0 Å². The molecule has 0 bridgehead atoms. The van der Waals surface area contributed by atoms with Gasteiger partial charge in [0.05, 0.1) is 12.2 Å². The Morgan fingerprint density at radius 2 is 2.00 bits per heavy atom. The fraction of sp³-hybridized carbons (Fsp3) is 0.333. The number of rotatable bonds is 3. The fourth-order valence-corrected chi connectivity index (χ4v) is 1.67. The van der Waals surface area contributed by atoms with Gasteiger partial charge in [-0.05, 0) is 24.1 Å². The SMILES string of the molecule is NOCCc1ccc(C(F)(F)F)cc1Br. The van der Waals surface area contributed by atoms with Gasteiger partial charge in [0.25, 0.3) is 0 Å². The Kier molecular flexibility index (Phi) is 4.12. The summed E-state index contributed by atoms with van der Waals surface area (Å²) in [4.78, 5) is 4.36. The molecule has 1 aromatic rings. The summed E-state index contributed by atoms with van der Waals surface area (Å²) in [6, 6.07) is 3.49. The van der Waals surface area contributed by atoms with Crippen LogP contribution in [0.5, 0.6) is 0 Å². The lowest BCUT2D eigenvalue weighted by molar-refractivity contribution is -0.137. The van der Waals surface area contributed by atoms with Crippen molar-refractivity contribution in [2.24, 2.45) is 5.90 Å². The van der Waals surface area contributed by atoms with Gasteiger partial charge in [-0.3, -0.25) is 0 Å². The van der Waals surface area contributed by atoms with E-state index in [2.05, 4.69) is 20.8 Å². The molecule has 0 spiro atoms. The molecule has 15 heavy (non-hydrogen) atoms. The molecule has 2 N–H and O–H groups in total. The zero-order chi connectivity index (χ0) is 11.5. The van der Waals surface area contributed by atoms with Crippen LogP contribution in [0, 0.1) is 0 Å². The molecule has 0 radical (unpaired) electrons. The Balaban J connectivity index is 2.88. The summed E-state index contributed by atoms with van der Waals surface area (Å²) in [7, 11) is 0. The zero-order valence-electron chi connectivity index (χ0n) is 7.64. The number of hydrogen-bond acceptors (Lipinski definition) is 2. The molecule has 0 unspecified atom stereocenters. The monoisotopic (exact) mass is 283 g/mol. The van der Waals surface area contributed by atoms with Crippen LogP contribution >= 0.6 is 15.9 Å². The van der Waals surface area contributed by atoms with Crippen molar-refractivity contribution in [1.29, 1.82) is 0 Å². The minimum atomic E-state index is -4.31. The molecule has 0 aromatic heterocycles. The highest BCUT2D eigenvalue weighted by molar-refractivity contribution is 9.10. The summed E-state index contributed by atoms with van der Waals surface area (Å²) in [6.45, 7) is 0.268. The second kappa shape index (κ2) is 4.96. The van der Waals surface area contributed by atoms with E-state index in [0.717, 1.165) is 17.7 Å². The molecular formula is C9H9BrF3NO. The molecule has 0 aliphatic heterocycles. The number of halogens is 4. The van der Waals surface area contributed by atoms with Gasteiger partial charge in [-0.2, -0.15) is 13.2 Å². The minimum absolute atomic E-state index is 0.268. The first-order valence-corrected chi connectivity index (χ1v) is 4.91. The molecule has 0 aliphatic carbocycles. The lowest BCUT2D eigenvalue weighted by atomic mass is 10.1. The molecule has 0 heterocycles. The van der Waals surface area contributed by atoms with Crippen LogP contribution < -0.4 is 5.90 Å². The summed E-state index contributed by atoms with van der Waals surface area (Å²) in [5.41, 5.74) is 0.0558. The Morgan fingerprint density at radius 1 is 1.33 bits per heavy atom. The van der Waals surface area contributed by atoms with Gasteiger partial charge in [0, 0.05) is 4.47 Å². The van der Waals surface area contributed by atoms with Crippen LogP contribution in [0.25, 0.3) is 0 Å². The standard InChI is InChI=1S/C9H9BrF3NO/c10-8-5-7(9(11,12)13)2-1-6(8)3-4-15-14/h1-2,5H,3-4,14H2. The van der Waals surface area contributed by atoms with E-state index in [-0.39, 0.29) is 6.61 Å². The van der Waals surface area contributed by atoms with Gasteiger partial charge in [0.2, 0.25) is 0 Å². The predicted octanol–water partition coefficient (Wildman–Crippen LogP) is 2.90. The predicted molar refractivity (Wildman–Crippen MR) is 53.0 cm³/mol. The van der Waals surface area contributed by atoms with Crippen molar-refractivity contribution in [3.63, 3.8) is 0 Å². The third kappa shape index (κ3) is 3.48. The molecule has 0 atom stereocenters. The maximum absolute atomic E-state index is 12.3. The number of benzene rings is 1. The van der Waals surface area contributed by atoms with E-state index in [4.69, 9.17) is 5.90 Å². The molecule has 0 amide bonds. The molecule has 1 rings (SSSR count). The third-order valence-electron chi connectivity index (χ3n) is 1.87. The van der Waals surface area contributed by atoms with Crippen molar-refractivity contribution in [2.75, 3.05) is 6.61 Å². The van der Waals surface area contributed by atoms with Crippen molar-refractivity contribution in [3.05, 3.63) is 33.8 Å². The zero-order valence-corrected chi connectivity index (χ0v) is 9.23. The van der Waals surface area contributed by atoms with Gasteiger partial charge in [-0.1, -0.05) is 22.0 Å². The van der Waals surface area contributed by atoms with Crippen LogP contribution in [0.1, 0.15) is 11.1 Å². The van der Waals surface area contributed by atoms with Crippen LogP contribution in [-0.2, 0) is 17.4 Å². The first-order chi connectivity index (χ1) is 6.95. The molecule has 0 saturated carbocycles. The van der Waals surface area contributed by atoms with Gasteiger partial charge in [0.15, 0.2) is 0 Å². The topological polar surface area (TPSA) is 35.2 Å². The van der Waals surface area contributed by atoms with Crippen LogP contribution in [-0.4, -0.2) is 6.61 Å². The number of hydrogen-bond donors (Lipinski definition) is 1. The highest BCUT2D eigenvalue weighted by Crippen LogP contribution is 2.32. The van der Waals surface area contributed by atoms with Crippen molar-refractivity contribution in [3.8, 4) is 0 Å². The highest BCUT2D eigenvalue weighted by Gasteiger charge is 2.30. The number of nitrogens with two attached hydrogens (primary N) is 1. The van der Waals surface area contributed by atoms with Gasteiger partial charge in [-0.15, -0.1) is 0 Å². The lowest BCUT2D eigenvalue weighted by Gasteiger charge is -2.09. The van der Waals surface area contributed by atoms with E-state index >= 15 is 0 Å². The second-order valence-electron chi connectivity index (χ2n) is 2.92. The highest BCUT2D eigenvalue weighted by atomic mass is 79.9. The molecule has 0 fully saturated rings. The first-order valence-electron chi connectivity index (χ1n) is 4.12. The van der Waals surface area contributed by atoms with E-state index in [1.165, 1.54) is 6.07 Å².